The molecule has 1 aliphatic heterocycles. The number of ether oxygens (including phenoxy) is 1. The van der Waals surface area contributed by atoms with Crippen LogP contribution in [0.25, 0.3) is 11.0 Å². The van der Waals surface area contributed by atoms with E-state index in [1.54, 1.807) is 6.07 Å². The van der Waals surface area contributed by atoms with Crippen LogP contribution in [0.2, 0.25) is 0 Å². The quantitative estimate of drug-likeness (QED) is 0.838. The Morgan fingerprint density at radius 1 is 1.36 bits per heavy atom. The van der Waals surface area contributed by atoms with E-state index in [-0.39, 0.29) is 23.3 Å². The highest BCUT2D eigenvalue weighted by Gasteiger charge is 2.24. The van der Waals surface area contributed by atoms with Crippen LogP contribution in [0.5, 0.6) is 0 Å². The summed E-state index contributed by atoms with van der Waals surface area (Å²) >= 11 is 0. The Balaban J connectivity index is 1.50. The molecule has 1 aliphatic rings. The van der Waals surface area contributed by atoms with Crippen LogP contribution in [-0.2, 0) is 11.2 Å². The first-order valence-corrected chi connectivity index (χ1v) is 9.59. The van der Waals surface area contributed by atoms with Gasteiger partial charge in [-0.15, -0.1) is 0 Å². The Labute approximate surface area is 163 Å². The van der Waals surface area contributed by atoms with E-state index in [0.717, 1.165) is 25.9 Å². The third kappa shape index (κ3) is 5.51. The summed E-state index contributed by atoms with van der Waals surface area (Å²) in [7, 11) is 0. The molecule has 1 saturated heterocycles. The molecule has 2 aromatic rings. The molecule has 8 heteroatoms. The maximum Gasteiger partial charge on any atom is 0.407 e. The van der Waals surface area contributed by atoms with Crippen molar-refractivity contribution in [2.75, 3.05) is 19.6 Å². The van der Waals surface area contributed by atoms with Crippen LogP contribution >= 0.6 is 0 Å². The molecule has 2 heterocycles. The predicted molar refractivity (Wildman–Crippen MR) is 105 cm³/mol. The smallest absolute Gasteiger partial charge is 0.407 e. The van der Waals surface area contributed by atoms with Crippen LogP contribution in [0, 0.1) is 5.82 Å². The number of nitrogens with one attached hydrogen (secondary N) is 2. The molecule has 7 nitrogen and oxygen atoms in total. The van der Waals surface area contributed by atoms with E-state index in [0.29, 0.717) is 29.7 Å². The van der Waals surface area contributed by atoms with E-state index in [1.165, 1.54) is 12.1 Å². The Morgan fingerprint density at radius 3 is 2.75 bits per heavy atom. The third-order valence-electron chi connectivity index (χ3n) is 4.67. The summed E-state index contributed by atoms with van der Waals surface area (Å²) < 4.78 is 18.7. The highest BCUT2D eigenvalue weighted by molar-refractivity contribution is 5.73. The van der Waals surface area contributed by atoms with Gasteiger partial charge in [0.05, 0.1) is 11.0 Å². The summed E-state index contributed by atoms with van der Waals surface area (Å²) in [6.45, 7) is 8.03. The van der Waals surface area contributed by atoms with Gasteiger partial charge < -0.3 is 19.9 Å². The van der Waals surface area contributed by atoms with Crippen LogP contribution in [-0.4, -0.2) is 52.2 Å². The van der Waals surface area contributed by atoms with E-state index < -0.39 is 5.82 Å². The van der Waals surface area contributed by atoms with Crippen molar-refractivity contribution in [3.63, 3.8) is 0 Å². The molecule has 1 amide bonds. The lowest BCUT2D eigenvalue weighted by Crippen LogP contribution is -2.45. The normalized spacial score (nSPS) is 16.3. The Kier molecular flexibility index (Phi) is 5.98. The van der Waals surface area contributed by atoms with Gasteiger partial charge in [-0.05, 0) is 51.8 Å². The first-order valence-electron chi connectivity index (χ1n) is 9.59. The molecule has 0 radical (unpaired) electrons. The van der Waals surface area contributed by atoms with Gasteiger partial charge in [-0.1, -0.05) is 0 Å². The number of likely N-dealkylation sites (tertiary alicyclic amines) is 1. The highest BCUT2D eigenvalue weighted by Crippen LogP contribution is 2.15. The first kappa shape index (κ1) is 20.3. The van der Waals surface area contributed by atoms with Gasteiger partial charge >= 0.3 is 6.09 Å². The van der Waals surface area contributed by atoms with Gasteiger partial charge in [0.25, 0.3) is 5.56 Å². The van der Waals surface area contributed by atoms with Gasteiger partial charge in [-0.2, -0.15) is 0 Å². The van der Waals surface area contributed by atoms with E-state index in [4.69, 9.17) is 4.74 Å². The average molecular weight is 390 g/mol. The van der Waals surface area contributed by atoms with E-state index in [9.17, 15) is 14.0 Å². The number of alkyl carbamates (subject to hydrolysis) is 1. The topological polar surface area (TPSA) is 87.3 Å². The fourth-order valence-electron chi connectivity index (χ4n) is 3.27. The minimum absolute atomic E-state index is 0.0873. The predicted octanol–water partition coefficient (Wildman–Crippen LogP) is 2.59. The molecule has 0 unspecified atom stereocenters. The lowest BCUT2D eigenvalue weighted by molar-refractivity contribution is 0.0474. The number of fused-ring (bicyclic) bond motifs is 1. The maximum absolute atomic E-state index is 13.3. The van der Waals surface area contributed by atoms with Crippen LogP contribution < -0.4 is 10.9 Å². The number of rotatable bonds is 4. The number of nitrogens with zero attached hydrogens (tertiary/aromatic N) is 2. The molecular weight excluding hydrogens is 363 g/mol. The Hall–Kier alpha value is -2.48. The monoisotopic (exact) mass is 390 g/mol. The molecular formula is C20H27FN4O3. The van der Waals surface area contributed by atoms with E-state index in [1.807, 2.05) is 20.8 Å². The number of aromatic nitrogens is 2. The van der Waals surface area contributed by atoms with Crippen molar-refractivity contribution in [1.82, 2.24) is 20.2 Å². The molecule has 0 bridgehead atoms. The van der Waals surface area contributed by atoms with Crippen LogP contribution in [0.15, 0.2) is 23.0 Å². The number of halogens is 1. The number of H-pyrrole nitrogens is 1. The lowest BCUT2D eigenvalue weighted by Gasteiger charge is -2.32. The van der Waals surface area contributed by atoms with Crippen molar-refractivity contribution in [2.45, 2.75) is 51.7 Å². The standard InChI is InChI=1S/C20H27FN4O3/c1-20(2,3)24-19(27)28-14-6-9-25(10-7-14)11-8-16-18(26)23-17-12-13(21)4-5-15(17)22-16/h4-5,12,14H,6-11H2,1-3H3,(H,23,26)(H,24,27). The minimum Gasteiger partial charge on any atom is -0.446 e. The molecule has 28 heavy (non-hydrogen) atoms. The second-order valence-electron chi connectivity index (χ2n) is 8.25. The number of hydrogen-bond acceptors (Lipinski definition) is 5. The number of piperidine rings is 1. The zero-order valence-corrected chi connectivity index (χ0v) is 16.5. The summed E-state index contributed by atoms with van der Waals surface area (Å²) in [6.07, 6.45) is 1.57. The van der Waals surface area contributed by atoms with Crippen molar-refractivity contribution in [2.24, 2.45) is 0 Å². The Bertz CT molecular complexity index is 898. The van der Waals surface area contributed by atoms with Gasteiger partial charge in [0.1, 0.15) is 17.6 Å². The molecule has 152 valence electrons. The lowest BCUT2D eigenvalue weighted by atomic mass is 10.1. The number of carbonyl (C=O) groups is 1. The van der Waals surface area contributed by atoms with Crippen LogP contribution in [0.3, 0.4) is 0 Å². The summed E-state index contributed by atoms with van der Waals surface area (Å²) in [4.78, 5) is 33.3. The summed E-state index contributed by atoms with van der Waals surface area (Å²) in [5.74, 6) is -0.404. The molecule has 0 aliphatic carbocycles. The molecule has 3 rings (SSSR count). The highest BCUT2D eigenvalue weighted by atomic mass is 19.1. The van der Waals surface area contributed by atoms with Gasteiger partial charge in [0, 0.05) is 31.6 Å². The summed E-state index contributed by atoms with van der Waals surface area (Å²) in [5.41, 5.74) is 0.828. The molecule has 1 aromatic carbocycles. The average Bonchev–Trinajstić information content (AvgIpc) is 2.59. The molecule has 1 fully saturated rings. The maximum atomic E-state index is 13.3. The number of amides is 1. The van der Waals surface area contributed by atoms with E-state index in [2.05, 4.69) is 20.2 Å². The number of carbonyl (C=O) groups excluding carboxylic acids is 1. The number of aromatic amines is 1. The zero-order valence-electron chi connectivity index (χ0n) is 16.5. The molecule has 0 spiro atoms. The SMILES string of the molecule is CC(C)(C)NC(=O)OC1CCN(CCc2nc3ccc(F)cc3[nH]c2=O)CC1. The number of benzene rings is 1. The first-order chi connectivity index (χ1) is 13.2. The second kappa shape index (κ2) is 8.26. The Morgan fingerprint density at radius 2 is 2.07 bits per heavy atom. The fraction of sp³-hybridized carbons (Fsp3) is 0.550. The van der Waals surface area contributed by atoms with Gasteiger partial charge in [-0.3, -0.25) is 4.79 Å². The van der Waals surface area contributed by atoms with Gasteiger partial charge in [-0.25, -0.2) is 14.2 Å². The van der Waals surface area contributed by atoms with Crippen molar-refractivity contribution in [1.29, 1.82) is 0 Å². The van der Waals surface area contributed by atoms with E-state index >= 15 is 0 Å². The largest absolute Gasteiger partial charge is 0.446 e. The summed E-state index contributed by atoms with van der Waals surface area (Å²) in [6, 6.07) is 4.17. The fourth-order valence-corrected chi connectivity index (χ4v) is 3.27. The van der Waals surface area contributed by atoms with Crippen LogP contribution in [0.1, 0.15) is 39.3 Å². The second-order valence-corrected chi connectivity index (χ2v) is 8.25. The molecule has 2 N–H and O–H groups in total. The van der Waals surface area contributed by atoms with Crippen LogP contribution in [0.4, 0.5) is 9.18 Å². The molecule has 0 atom stereocenters. The third-order valence-corrected chi connectivity index (χ3v) is 4.67. The van der Waals surface area contributed by atoms with Gasteiger partial charge in [0.15, 0.2) is 0 Å². The van der Waals surface area contributed by atoms with Crippen molar-refractivity contribution in [3.05, 3.63) is 40.1 Å². The zero-order chi connectivity index (χ0) is 20.3. The van der Waals surface area contributed by atoms with Gasteiger partial charge in [0.2, 0.25) is 0 Å². The van der Waals surface area contributed by atoms with Crippen molar-refractivity contribution < 1.29 is 13.9 Å². The summed E-state index contributed by atoms with van der Waals surface area (Å²) in [5, 5.41) is 2.80. The molecule has 0 saturated carbocycles. The van der Waals surface area contributed by atoms with Crippen molar-refractivity contribution >= 4 is 17.1 Å². The molecule has 1 aromatic heterocycles. The van der Waals surface area contributed by atoms with Crippen molar-refractivity contribution in [3.8, 4) is 0 Å². The minimum atomic E-state index is -0.404. The number of hydrogen-bond donors (Lipinski definition) is 2.